The van der Waals surface area contributed by atoms with Gasteiger partial charge in [0.25, 0.3) is 11.6 Å². The normalized spacial score (nSPS) is 11.4. The number of nitro benzene ring substituents is 1. The largest absolute Gasteiger partial charge is 0.452 e. The average molecular weight is 443 g/mol. The molecule has 1 unspecified atom stereocenters. The van der Waals surface area contributed by atoms with Crippen molar-refractivity contribution in [1.29, 1.82) is 0 Å². The average Bonchev–Trinajstić information content (AvgIpc) is 3.30. The number of nitrogens with zero attached hydrogens (tertiary/aromatic N) is 1. The number of thiophene rings is 1. The quantitative estimate of drug-likeness (QED) is 0.310. The number of carbonyl (C=O) groups excluding carboxylic acids is 2. The molecule has 0 saturated heterocycles. The second-order valence-electron chi connectivity index (χ2n) is 6.38. The van der Waals surface area contributed by atoms with Gasteiger partial charge in [-0.15, -0.1) is 11.3 Å². The first-order chi connectivity index (χ1) is 14.9. The molecule has 2 N–H and O–H groups in total. The highest BCUT2D eigenvalue weighted by Gasteiger charge is 2.21. The van der Waals surface area contributed by atoms with Crippen molar-refractivity contribution < 1.29 is 23.6 Å². The Morgan fingerprint density at radius 3 is 2.55 bits per heavy atom. The van der Waals surface area contributed by atoms with Crippen LogP contribution in [0.2, 0.25) is 0 Å². The number of halogens is 1. The van der Waals surface area contributed by atoms with Gasteiger partial charge in [-0.3, -0.25) is 14.9 Å². The maximum Gasteiger partial charge on any atom is 0.341 e. The maximum atomic E-state index is 13.3. The summed E-state index contributed by atoms with van der Waals surface area (Å²) < 4.78 is 18.3. The van der Waals surface area contributed by atoms with Crippen molar-refractivity contribution in [2.24, 2.45) is 0 Å². The first-order valence-electron chi connectivity index (χ1n) is 9.10. The standard InChI is InChI=1S/C21H18FN3O5S/c1-23-17-9-8-15(25(28)29)11-16(17)21(27)30-12-19(26)24-20(18-3-2-10-31-18)13-4-6-14(22)7-5-13/h2-11,20,23H,12H2,1H3,(H,24,26). The van der Waals surface area contributed by atoms with Gasteiger partial charge in [0.05, 0.1) is 16.5 Å². The Morgan fingerprint density at radius 1 is 1.19 bits per heavy atom. The highest BCUT2D eigenvalue weighted by atomic mass is 32.1. The van der Waals surface area contributed by atoms with Crippen LogP contribution in [0.4, 0.5) is 15.8 Å². The lowest BCUT2D eigenvalue weighted by atomic mass is 10.1. The van der Waals surface area contributed by atoms with Gasteiger partial charge in [0.15, 0.2) is 6.61 Å². The predicted molar refractivity (Wildman–Crippen MR) is 114 cm³/mol. The number of carbonyl (C=O) groups is 2. The first kappa shape index (κ1) is 21.9. The van der Waals surface area contributed by atoms with Crippen molar-refractivity contribution in [2.45, 2.75) is 6.04 Å². The summed E-state index contributed by atoms with van der Waals surface area (Å²) in [5, 5.41) is 18.3. The Morgan fingerprint density at radius 2 is 1.94 bits per heavy atom. The van der Waals surface area contributed by atoms with Gasteiger partial charge in [-0.2, -0.15) is 0 Å². The van der Waals surface area contributed by atoms with Crippen molar-refractivity contribution in [2.75, 3.05) is 19.0 Å². The zero-order valence-electron chi connectivity index (χ0n) is 16.3. The van der Waals surface area contributed by atoms with Crippen molar-refractivity contribution in [1.82, 2.24) is 5.32 Å². The third-order valence-electron chi connectivity index (χ3n) is 4.37. The molecule has 0 saturated carbocycles. The number of benzene rings is 2. The van der Waals surface area contributed by atoms with Crippen LogP contribution in [0.5, 0.6) is 0 Å². The van der Waals surface area contributed by atoms with Crippen LogP contribution in [-0.2, 0) is 9.53 Å². The molecule has 0 aliphatic heterocycles. The lowest BCUT2D eigenvalue weighted by molar-refractivity contribution is -0.384. The van der Waals surface area contributed by atoms with Gasteiger partial charge < -0.3 is 15.4 Å². The summed E-state index contributed by atoms with van der Waals surface area (Å²) in [5.74, 6) is -1.85. The van der Waals surface area contributed by atoms with E-state index < -0.39 is 35.3 Å². The number of hydrogen-bond donors (Lipinski definition) is 2. The van der Waals surface area contributed by atoms with E-state index in [1.165, 1.54) is 35.6 Å². The van der Waals surface area contributed by atoms with E-state index in [4.69, 9.17) is 4.74 Å². The van der Waals surface area contributed by atoms with Crippen LogP contribution in [0, 0.1) is 15.9 Å². The van der Waals surface area contributed by atoms with Gasteiger partial charge in [-0.1, -0.05) is 18.2 Å². The molecule has 31 heavy (non-hydrogen) atoms. The van der Waals surface area contributed by atoms with E-state index in [0.717, 1.165) is 10.9 Å². The molecule has 0 fully saturated rings. The number of ether oxygens (including phenoxy) is 1. The predicted octanol–water partition coefficient (Wildman–Crippen LogP) is 3.90. The van der Waals surface area contributed by atoms with Gasteiger partial charge in [-0.25, -0.2) is 9.18 Å². The van der Waals surface area contributed by atoms with Crippen molar-refractivity contribution >= 4 is 34.6 Å². The summed E-state index contributed by atoms with van der Waals surface area (Å²) >= 11 is 1.41. The van der Waals surface area contributed by atoms with Crippen LogP contribution in [-0.4, -0.2) is 30.5 Å². The number of rotatable bonds is 8. The van der Waals surface area contributed by atoms with Crippen LogP contribution in [0.15, 0.2) is 60.0 Å². The molecule has 0 bridgehead atoms. The fourth-order valence-electron chi connectivity index (χ4n) is 2.87. The summed E-state index contributed by atoms with van der Waals surface area (Å²) in [5.41, 5.74) is 0.667. The van der Waals surface area contributed by atoms with Gasteiger partial charge in [0.2, 0.25) is 0 Å². The van der Waals surface area contributed by atoms with Crippen LogP contribution in [0.25, 0.3) is 0 Å². The molecule has 1 amide bonds. The van der Waals surface area contributed by atoms with Crippen LogP contribution < -0.4 is 10.6 Å². The fraction of sp³-hybridized carbons (Fsp3) is 0.143. The molecule has 0 aliphatic carbocycles. The van der Waals surface area contributed by atoms with Crippen LogP contribution >= 0.6 is 11.3 Å². The van der Waals surface area contributed by atoms with Gasteiger partial charge >= 0.3 is 5.97 Å². The summed E-state index contributed by atoms with van der Waals surface area (Å²) in [7, 11) is 1.55. The third-order valence-corrected chi connectivity index (χ3v) is 5.31. The molecule has 0 radical (unpaired) electrons. The second kappa shape index (κ2) is 9.81. The summed E-state index contributed by atoms with van der Waals surface area (Å²) in [6.07, 6.45) is 0. The molecule has 0 spiro atoms. The Bertz CT molecular complexity index is 1090. The van der Waals surface area contributed by atoms with E-state index in [1.807, 2.05) is 17.5 Å². The summed E-state index contributed by atoms with van der Waals surface area (Å²) in [6, 6.07) is 12.5. The minimum atomic E-state index is -0.877. The Hall–Kier alpha value is -3.79. The van der Waals surface area contributed by atoms with Crippen molar-refractivity contribution in [3.05, 3.63) is 91.9 Å². The molecule has 0 aliphatic rings. The summed E-state index contributed by atoms with van der Waals surface area (Å²) in [6.45, 7) is -0.590. The maximum absolute atomic E-state index is 13.3. The zero-order valence-corrected chi connectivity index (χ0v) is 17.1. The zero-order chi connectivity index (χ0) is 22.4. The lowest BCUT2D eigenvalue weighted by Crippen LogP contribution is -2.32. The first-order valence-corrected chi connectivity index (χ1v) is 9.98. The lowest BCUT2D eigenvalue weighted by Gasteiger charge is -2.18. The molecule has 1 heterocycles. The monoisotopic (exact) mass is 443 g/mol. The molecule has 2 aromatic carbocycles. The molecular weight excluding hydrogens is 425 g/mol. The topological polar surface area (TPSA) is 111 Å². The third kappa shape index (κ3) is 5.43. The highest BCUT2D eigenvalue weighted by molar-refractivity contribution is 7.10. The Labute approximate surface area is 180 Å². The number of non-ortho nitro benzene ring substituents is 1. The molecule has 1 aromatic heterocycles. The Balaban J connectivity index is 1.71. The number of nitrogens with one attached hydrogen (secondary N) is 2. The van der Waals surface area contributed by atoms with E-state index in [-0.39, 0.29) is 11.3 Å². The molecule has 3 rings (SSSR count). The van der Waals surface area contributed by atoms with Crippen molar-refractivity contribution in [3.63, 3.8) is 0 Å². The van der Waals surface area contributed by atoms with E-state index >= 15 is 0 Å². The SMILES string of the molecule is CNc1ccc([N+](=O)[O-])cc1C(=O)OCC(=O)NC(c1ccc(F)cc1)c1cccs1. The van der Waals surface area contributed by atoms with Crippen LogP contribution in [0.1, 0.15) is 26.8 Å². The number of esters is 1. The molecule has 8 nitrogen and oxygen atoms in total. The summed E-state index contributed by atoms with van der Waals surface area (Å²) in [4.78, 5) is 36.1. The van der Waals surface area contributed by atoms with Crippen LogP contribution in [0.3, 0.4) is 0 Å². The fourth-order valence-corrected chi connectivity index (χ4v) is 3.68. The molecular formula is C21H18FN3O5S. The Kier molecular flexibility index (Phi) is 6.93. The van der Waals surface area contributed by atoms with Gasteiger partial charge in [0.1, 0.15) is 5.82 Å². The smallest absolute Gasteiger partial charge is 0.341 e. The number of hydrogen-bond acceptors (Lipinski definition) is 7. The van der Waals surface area contributed by atoms with E-state index in [9.17, 15) is 24.1 Å². The number of amides is 1. The minimum Gasteiger partial charge on any atom is -0.452 e. The molecule has 160 valence electrons. The van der Waals surface area contributed by atoms with Gasteiger partial charge in [-0.05, 0) is 35.2 Å². The highest BCUT2D eigenvalue weighted by Crippen LogP contribution is 2.26. The molecule has 3 aromatic rings. The van der Waals surface area contributed by atoms with E-state index in [2.05, 4.69) is 10.6 Å². The molecule has 1 atom stereocenters. The number of nitro groups is 1. The van der Waals surface area contributed by atoms with E-state index in [0.29, 0.717) is 11.3 Å². The second-order valence-corrected chi connectivity index (χ2v) is 7.36. The van der Waals surface area contributed by atoms with Gasteiger partial charge in [0, 0.05) is 29.7 Å². The molecule has 10 heteroatoms. The minimum absolute atomic E-state index is 0.0576. The van der Waals surface area contributed by atoms with E-state index in [1.54, 1.807) is 19.2 Å². The number of anilines is 1. The van der Waals surface area contributed by atoms with Crippen molar-refractivity contribution in [3.8, 4) is 0 Å².